The van der Waals surface area contributed by atoms with E-state index in [4.69, 9.17) is 9.47 Å². The minimum Gasteiger partial charge on any atom is -0.466 e. The molecular formula is C29H31N3O8. The van der Waals surface area contributed by atoms with E-state index in [1.807, 2.05) is 0 Å². The molecule has 1 aliphatic heterocycles. The molecule has 0 fully saturated rings. The van der Waals surface area contributed by atoms with Crippen molar-refractivity contribution >= 4 is 29.3 Å². The molecule has 1 atom stereocenters. The number of esters is 2. The second kappa shape index (κ2) is 13.3. The Morgan fingerprint density at radius 1 is 0.950 bits per heavy atom. The molecule has 0 spiro atoms. The molecule has 2 aromatic rings. The number of nitrogens with one attached hydrogen (secondary N) is 1. The van der Waals surface area contributed by atoms with Gasteiger partial charge in [0.05, 0.1) is 35.6 Å². The number of ether oxygens (including phenoxy) is 2. The predicted octanol–water partition coefficient (Wildman–Crippen LogP) is 3.67. The highest BCUT2D eigenvalue weighted by atomic mass is 16.6. The van der Waals surface area contributed by atoms with E-state index in [1.54, 1.807) is 57.3 Å². The number of hydrogen-bond donors (Lipinski definition) is 1. The summed E-state index contributed by atoms with van der Waals surface area (Å²) < 4.78 is 10.4. The average molecular weight is 550 g/mol. The summed E-state index contributed by atoms with van der Waals surface area (Å²) in [5, 5.41) is 14.4. The number of allylic oxidation sites excluding steroid dienone is 2. The van der Waals surface area contributed by atoms with Crippen molar-refractivity contribution in [3.63, 3.8) is 0 Å². The van der Waals surface area contributed by atoms with Gasteiger partial charge in [-0.2, -0.15) is 0 Å². The maximum atomic E-state index is 13.3. The number of rotatable bonds is 11. The summed E-state index contributed by atoms with van der Waals surface area (Å²) in [6.07, 6.45) is 0.0609. The van der Waals surface area contributed by atoms with E-state index in [0.29, 0.717) is 22.5 Å². The van der Waals surface area contributed by atoms with Crippen LogP contribution in [-0.4, -0.2) is 60.8 Å². The largest absolute Gasteiger partial charge is 0.466 e. The van der Waals surface area contributed by atoms with Crippen LogP contribution in [0.2, 0.25) is 0 Å². The molecule has 1 heterocycles. The van der Waals surface area contributed by atoms with Crippen molar-refractivity contribution in [1.82, 2.24) is 10.2 Å². The van der Waals surface area contributed by atoms with Crippen LogP contribution in [0.1, 0.15) is 48.5 Å². The molecule has 40 heavy (non-hydrogen) atoms. The van der Waals surface area contributed by atoms with Gasteiger partial charge in [0.2, 0.25) is 5.91 Å². The molecular weight excluding hydrogens is 518 g/mol. The number of hydrogen-bond acceptors (Lipinski definition) is 9. The number of likely N-dealkylation sites (N-methyl/N-ethyl adjacent to an activating group) is 1. The molecule has 11 nitrogen and oxygen atoms in total. The van der Waals surface area contributed by atoms with Gasteiger partial charge in [0.15, 0.2) is 5.78 Å². The molecule has 0 aliphatic carbocycles. The highest BCUT2D eigenvalue weighted by Gasteiger charge is 2.38. The van der Waals surface area contributed by atoms with Gasteiger partial charge in [0.25, 0.3) is 5.69 Å². The van der Waals surface area contributed by atoms with Crippen LogP contribution in [0.15, 0.2) is 77.1 Å². The van der Waals surface area contributed by atoms with Crippen molar-refractivity contribution in [3.8, 4) is 0 Å². The van der Waals surface area contributed by atoms with Crippen molar-refractivity contribution in [3.05, 3.63) is 98.4 Å². The van der Waals surface area contributed by atoms with Gasteiger partial charge in [-0.3, -0.25) is 19.7 Å². The maximum absolute atomic E-state index is 13.3. The Morgan fingerprint density at radius 3 is 2.23 bits per heavy atom. The number of dihydropyridines is 1. The Bertz CT molecular complexity index is 1380. The van der Waals surface area contributed by atoms with Crippen molar-refractivity contribution in [2.45, 2.75) is 32.6 Å². The molecule has 1 unspecified atom stereocenters. The van der Waals surface area contributed by atoms with Crippen LogP contribution < -0.4 is 5.32 Å². The molecule has 0 radical (unpaired) electrons. The third-order valence-electron chi connectivity index (χ3n) is 6.55. The highest BCUT2D eigenvalue weighted by Crippen LogP contribution is 2.40. The minimum absolute atomic E-state index is 0.00772. The summed E-state index contributed by atoms with van der Waals surface area (Å²) in [6.45, 7) is 3.20. The number of amides is 1. The van der Waals surface area contributed by atoms with E-state index in [9.17, 15) is 29.3 Å². The summed E-state index contributed by atoms with van der Waals surface area (Å²) in [5.41, 5.74) is 1.74. The first kappa shape index (κ1) is 29.8. The number of ketones is 1. The van der Waals surface area contributed by atoms with Crippen LogP contribution in [-0.2, 0) is 23.9 Å². The SMILES string of the molecule is COC(=O)C1=C(C)NC(C)=C(C(=O)OCCN(C)C(=O)CCC(=O)c2ccccc2)C1c1cccc([N+](=O)[O-])c1. The molecule has 1 aliphatic rings. The van der Waals surface area contributed by atoms with Crippen LogP contribution in [0.3, 0.4) is 0 Å². The van der Waals surface area contributed by atoms with E-state index in [1.165, 1.54) is 30.2 Å². The molecule has 1 amide bonds. The molecule has 210 valence electrons. The monoisotopic (exact) mass is 549 g/mol. The molecule has 0 bridgehead atoms. The summed E-state index contributed by atoms with van der Waals surface area (Å²) >= 11 is 0. The minimum atomic E-state index is -0.982. The number of Topliss-reactive ketones (excluding diaryl/α,β-unsaturated/α-hetero) is 1. The third-order valence-corrected chi connectivity index (χ3v) is 6.55. The number of nitrogens with zero attached hydrogens (tertiary/aromatic N) is 2. The van der Waals surface area contributed by atoms with Crippen molar-refractivity contribution < 1.29 is 33.6 Å². The van der Waals surface area contributed by atoms with Crippen molar-refractivity contribution in [2.24, 2.45) is 0 Å². The fourth-order valence-corrected chi connectivity index (χ4v) is 4.45. The predicted molar refractivity (Wildman–Crippen MR) is 145 cm³/mol. The topological polar surface area (TPSA) is 145 Å². The van der Waals surface area contributed by atoms with E-state index in [-0.39, 0.29) is 54.5 Å². The van der Waals surface area contributed by atoms with Crippen LogP contribution in [0.25, 0.3) is 0 Å². The van der Waals surface area contributed by atoms with Gasteiger partial charge in [0.1, 0.15) is 6.61 Å². The fraction of sp³-hybridized carbons (Fsp3) is 0.310. The third kappa shape index (κ3) is 6.99. The lowest BCUT2D eigenvalue weighted by Crippen LogP contribution is -2.34. The Kier molecular flexibility index (Phi) is 9.91. The number of nitro groups is 1. The van der Waals surface area contributed by atoms with Gasteiger partial charge >= 0.3 is 11.9 Å². The fourth-order valence-electron chi connectivity index (χ4n) is 4.45. The highest BCUT2D eigenvalue weighted by molar-refractivity contribution is 6.00. The molecule has 3 rings (SSSR count). The zero-order valence-electron chi connectivity index (χ0n) is 22.8. The standard InChI is InChI=1S/C29H31N3O8/c1-18-25(28(35)39-4)27(21-11-8-12-22(17-21)32(37)38)26(19(2)30-18)29(36)40-16-15-31(3)24(34)14-13-23(33)20-9-6-5-7-10-20/h5-12,17,27,30H,13-16H2,1-4H3. The first-order valence-electron chi connectivity index (χ1n) is 12.6. The van der Waals surface area contributed by atoms with Gasteiger partial charge in [-0.15, -0.1) is 0 Å². The second-order valence-corrected chi connectivity index (χ2v) is 9.22. The lowest BCUT2D eigenvalue weighted by Gasteiger charge is -2.30. The molecule has 2 aromatic carbocycles. The van der Waals surface area contributed by atoms with Gasteiger partial charge in [-0.05, 0) is 19.4 Å². The Balaban J connectivity index is 1.71. The average Bonchev–Trinajstić information content (AvgIpc) is 2.95. The Labute approximate surface area is 231 Å². The second-order valence-electron chi connectivity index (χ2n) is 9.22. The number of nitro benzene ring substituents is 1. The summed E-state index contributed by atoms with van der Waals surface area (Å²) in [7, 11) is 2.75. The van der Waals surface area contributed by atoms with E-state index in [0.717, 1.165) is 0 Å². The molecule has 11 heteroatoms. The Morgan fingerprint density at radius 2 is 1.60 bits per heavy atom. The number of benzene rings is 2. The van der Waals surface area contributed by atoms with Crippen molar-refractivity contribution in [1.29, 1.82) is 0 Å². The normalized spacial score (nSPS) is 14.8. The van der Waals surface area contributed by atoms with Gasteiger partial charge in [-0.25, -0.2) is 9.59 Å². The summed E-state index contributed by atoms with van der Waals surface area (Å²) in [5.74, 6) is -2.86. The summed E-state index contributed by atoms with van der Waals surface area (Å²) in [4.78, 5) is 63.1. The quantitative estimate of drug-likeness (QED) is 0.192. The first-order chi connectivity index (χ1) is 19.0. The van der Waals surface area contributed by atoms with Crippen LogP contribution in [0.4, 0.5) is 5.69 Å². The molecule has 0 saturated carbocycles. The van der Waals surface area contributed by atoms with Gasteiger partial charge < -0.3 is 19.7 Å². The lowest BCUT2D eigenvalue weighted by atomic mass is 9.80. The Hall–Kier alpha value is -4.80. The molecule has 0 saturated heterocycles. The van der Waals surface area contributed by atoms with Crippen LogP contribution in [0.5, 0.6) is 0 Å². The lowest BCUT2D eigenvalue weighted by molar-refractivity contribution is -0.384. The van der Waals surface area contributed by atoms with Crippen LogP contribution in [0, 0.1) is 10.1 Å². The summed E-state index contributed by atoms with van der Waals surface area (Å²) in [6, 6.07) is 14.4. The number of methoxy groups -OCH3 is 1. The zero-order chi connectivity index (χ0) is 29.4. The molecule has 0 aromatic heterocycles. The van der Waals surface area contributed by atoms with Crippen molar-refractivity contribution in [2.75, 3.05) is 27.3 Å². The van der Waals surface area contributed by atoms with E-state index >= 15 is 0 Å². The molecule has 1 N–H and O–H groups in total. The number of carbonyl (C=O) groups excluding carboxylic acids is 4. The first-order valence-corrected chi connectivity index (χ1v) is 12.6. The van der Waals surface area contributed by atoms with E-state index < -0.39 is 22.8 Å². The maximum Gasteiger partial charge on any atom is 0.336 e. The van der Waals surface area contributed by atoms with Crippen LogP contribution >= 0.6 is 0 Å². The van der Waals surface area contributed by atoms with E-state index in [2.05, 4.69) is 5.32 Å². The van der Waals surface area contributed by atoms with Gasteiger partial charge in [0, 0.05) is 49.0 Å². The smallest absolute Gasteiger partial charge is 0.336 e. The number of non-ortho nitro benzene ring substituents is 1. The van der Waals surface area contributed by atoms with Gasteiger partial charge in [-0.1, -0.05) is 42.5 Å². The number of carbonyl (C=O) groups is 4. The zero-order valence-corrected chi connectivity index (χ0v) is 22.8.